The molecule has 19 heavy (non-hydrogen) atoms. The highest BCUT2D eigenvalue weighted by molar-refractivity contribution is 5.96. The van der Waals surface area contributed by atoms with Crippen molar-refractivity contribution in [3.8, 4) is 0 Å². The van der Waals surface area contributed by atoms with Crippen LogP contribution in [0.5, 0.6) is 0 Å². The minimum atomic E-state index is -0.385. The molecule has 0 atom stereocenters. The molecule has 0 saturated carbocycles. The third-order valence-electron chi connectivity index (χ3n) is 2.97. The van der Waals surface area contributed by atoms with Crippen molar-refractivity contribution in [1.29, 1.82) is 5.41 Å². The molecule has 5 heteroatoms. The zero-order valence-electron chi connectivity index (χ0n) is 11.0. The van der Waals surface area contributed by atoms with E-state index in [2.05, 4.69) is 18.8 Å². The monoisotopic (exact) mass is 260 g/mol. The van der Waals surface area contributed by atoms with Gasteiger partial charge in [0.15, 0.2) is 0 Å². The van der Waals surface area contributed by atoms with Gasteiger partial charge >= 0.3 is 0 Å². The number of nitrogen functional groups attached to an aromatic ring is 1. The topological polar surface area (TPSA) is 67.7 Å². The summed E-state index contributed by atoms with van der Waals surface area (Å²) in [4.78, 5) is 4.31. The molecular weight excluding hydrogens is 243 g/mol. The minimum Gasteiger partial charge on any atom is -0.384 e. The van der Waals surface area contributed by atoms with Crippen molar-refractivity contribution in [3.63, 3.8) is 0 Å². The molecule has 1 aromatic heterocycles. The fraction of sp³-hybridized carbons (Fsp3) is 0.286. The van der Waals surface area contributed by atoms with Crippen molar-refractivity contribution < 1.29 is 4.39 Å². The Bertz CT molecular complexity index is 601. The number of nitrogens with two attached hydrogens (primary N) is 1. The van der Waals surface area contributed by atoms with Gasteiger partial charge in [-0.25, -0.2) is 9.37 Å². The summed E-state index contributed by atoms with van der Waals surface area (Å²) in [5, 5.41) is 7.53. The number of halogens is 1. The van der Waals surface area contributed by atoms with Crippen LogP contribution in [0.25, 0.3) is 0 Å². The van der Waals surface area contributed by atoms with E-state index < -0.39 is 0 Å². The molecule has 0 unspecified atom stereocenters. The smallest absolute Gasteiger partial charge is 0.123 e. The lowest BCUT2D eigenvalue weighted by atomic mass is 10.1. The summed E-state index contributed by atoms with van der Waals surface area (Å²) in [7, 11) is 0. The summed E-state index contributed by atoms with van der Waals surface area (Å²) in [5.41, 5.74) is 6.75. The van der Waals surface area contributed by atoms with Crippen LogP contribution in [0.2, 0.25) is 0 Å². The molecule has 0 bridgehead atoms. The van der Waals surface area contributed by atoms with Crippen LogP contribution in [0.1, 0.15) is 36.7 Å². The zero-order chi connectivity index (χ0) is 14.0. The molecule has 4 nitrogen and oxygen atoms in total. The minimum absolute atomic E-state index is 0.124. The third-order valence-corrected chi connectivity index (χ3v) is 2.97. The molecule has 2 rings (SSSR count). The molecule has 0 aliphatic carbocycles. The Morgan fingerprint density at radius 2 is 2.21 bits per heavy atom. The molecule has 0 spiro atoms. The average Bonchev–Trinajstić information content (AvgIpc) is 2.79. The maximum atomic E-state index is 13.2. The van der Waals surface area contributed by atoms with Crippen LogP contribution in [0.15, 0.2) is 30.6 Å². The maximum absolute atomic E-state index is 13.2. The first kappa shape index (κ1) is 13.3. The molecule has 0 fully saturated rings. The second kappa shape index (κ2) is 5.22. The van der Waals surface area contributed by atoms with E-state index in [-0.39, 0.29) is 11.7 Å². The van der Waals surface area contributed by atoms with Crippen LogP contribution in [0.4, 0.5) is 4.39 Å². The van der Waals surface area contributed by atoms with E-state index in [1.807, 2.05) is 10.8 Å². The van der Waals surface area contributed by atoms with Gasteiger partial charge in [-0.05, 0) is 17.7 Å². The second-order valence-corrected chi connectivity index (χ2v) is 4.78. The van der Waals surface area contributed by atoms with Crippen LogP contribution < -0.4 is 5.73 Å². The molecule has 100 valence electrons. The van der Waals surface area contributed by atoms with E-state index in [1.54, 1.807) is 12.3 Å². The van der Waals surface area contributed by atoms with Crippen molar-refractivity contribution >= 4 is 5.84 Å². The van der Waals surface area contributed by atoms with Crippen molar-refractivity contribution in [1.82, 2.24) is 9.55 Å². The molecule has 3 N–H and O–H groups in total. The van der Waals surface area contributed by atoms with Gasteiger partial charge in [0, 0.05) is 30.4 Å². The van der Waals surface area contributed by atoms with Gasteiger partial charge in [0.2, 0.25) is 0 Å². The highest BCUT2D eigenvalue weighted by Gasteiger charge is 2.11. The zero-order valence-corrected chi connectivity index (χ0v) is 11.0. The summed E-state index contributed by atoms with van der Waals surface area (Å²) < 4.78 is 15.2. The molecule has 0 aliphatic rings. The summed E-state index contributed by atoms with van der Waals surface area (Å²) in [5.74, 6) is 0.749. The molecule has 0 saturated heterocycles. The number of nitrogens with one attached hydrogen (secondary N) is 1. The third kappa shape index (κ3) is 2.81. The van der Waals surface area contributed by atoms with Crippen molar-refractivity contribution in [3.05, 3.63) is 53.4 Å². The van der Waals surface area contributed by atoms with E-state index in [4.69, 9.17) is 11.1 Å². The fourth-order valence-corrected chi connectivity index (χ4v) is 2.08. The van der Waals surface area contributed by atoms with Crippen molar-refractivity contribution in [2.75, 3.05) is 0 Å². The molecule has 1 aromatic carbocycles. The number of hydrogen-bond donors (Lipinski definition) is 2. The molecule has 0 radical (unpaired) electrons. The van der Waals surface area contributed by atoms with Crippen LogP contribution >= 0.6 is 0 Å². The molecular formula is C14H17FN4. The van der Waals surface area contributed by atoms with Crippen LogP contribution in [-0.4, -0.2) is 15.4 Å². The Morgan fingerprint density at radius 3 is 2.84 bits per heavy atom. The Morgan fingerprint density at radius 1 is 1.47 bits per heavy atom. The number of nitrogens with zero attached hydrogens (tertiary/aromatic N) is 2. The second-order valence-electron chi connectivity index (χ2n) is 4.78. The van der Waals surface area contributed by atoms with E-state index in [9.17, 15) is 4.39 Å². The molecule has 2 aromatic rings. The van der Waals surface area contributed by atoms with Crippen LogP contribution in [0, 0.1) is 11.2 Å². The van der Waals surface area contributed by atoms with E-state index in [1.165, 1.54) is 12.1 Å². The van der Waals surface area contributed by atoms with Gasteiger partial charge in [-0.2, -0.15) is 0 Å². The number of hydrogen-bond acceptors (Lipinski definition) is 2. The average molecular weight is 260 g/mol. The molecule has 0 aliphatic heterocycles. The summed E-state index contributed by atoms with van der Waals surface area (Å²) >= 11 is 0. The Labute approximate surface area is 111 Å². The van der Waals surface area contributed by atoms with Gasteiger partial charge in [-0.15, -0.1) is 0 Å². The van der Waals surface area contributed by atoms with Gasteiger partial charge in [0.25, 0.3) is 0 Å². The van der Waals surface area contributed by atoms with Crippen molar-refractivity contribution in [2.24, 2.45) is 5.73 Å². The number of benzene rings is 1. The lowest BCUT2D eigenvalue weighted by molar-refractivity contribution is 0.624. The van der Waals surface area contributed by atoms with Crippen molar-refractivity contribution in [2.45, 2.75) is 26.3 Å². The van der Waals surface area contributed by atoms with Gasteiger partial charge in [-0.1, -0.05) is 19.9 Å². The highest BCUT2D eigenvalue weighted by atomic mass is 19.1. The molecule has 0 amide bonds. The predicted molar refractivity (Wildman–Crippen MR) is 72.8 cm³/mol. The van der Waals surface area contributed by atoms with Crippen LogP contribution in [0.3, 0.4) is 0 Å². The Balaban J connectivity index is 2.38. The Kier molecular flexibility index (Phi) is 3.64. The largest absolute Gasteiger partial charge is 0.384 e. The fourth-order valence-electron chi connectivity index (χ4n) is 2.08. The van der Waals surface area contributed by atoms with Gasteiger partial charge in [-0.3, -0.25) is 5.41 Å². The number of amidine groups is 1. The highest BCUT2D eigenvalue weighted by Crippen LogP contribution is 2.17. The maximum Gasteiger partial charge on any atom is 0.123 e. The van der Waals surface area contributed by atoms with E-state index in [0.29, 0.717) is 18.0 Å². The van der Waals surface area contributed by atoms with E-state index in [0.717, 1.165) is 11.4 Å². The standard InChI is InChI=1S/C14H17FN4/c1-9(2)14-18-5-6-19(14)8-10-3-4-11(15)7-12(10)13(16)17/h3-7,9H,8H2,1-2H3,(H3,16,17). The lowest BCUT2D eigenvalue weighted by Crippen LogP contribution is -2.16. The van der Waals surface area contributed by atoms with Gasteiger partial charge in [0.1, 0.15) is 17.5 Å². The molecule has 1 heterocycles. The van der Waals surface area contributed by atoms with E-state index >= 15 is 0 Å². The first-order valence-electron chi connectivity index (χ1n) is 6.13. The summed E-state index contributed by atoms with van der Waals surface area (Å²) in [6, 6.07) is 4.34. The summed E-state index contributed by atoms with van der Waals surface area (Å²) in [6.45, 7) is 4.66. The quantitative estimate of drug-likeness (QED) is 0.655. The summed E-state index contributed by atoms with van der Waals surface area (Å²) in [6.07, 6.45) is 3.62. The SMILES string of the molecule is CC(C)c1nccn1Cc1ccc(F)cc1C(=N)N. The van der Waals surface area contributed by atoms with Crippen LogP contribution in [-0.2, 0) is 6.54 Å². The predicted octanol–water partition coefficient (Wildman–Crippen LogP) is 2.48. The van der Waals surface area contributed by atoms with Gasteiger partial charge < -0.3 is 10.3 Å². The number of imidazole rings is 1. The Hall–Kier alpha value is -2.17. The lowest BCUT2D eigenvalue weighted by Gasteiger charge is -2.13. The first-order chi connectivity index (χ1) is 8.99. The first-order valence-corrected chi connectivity index (χ1v) is 6.13. The van der Waals surface area contributed by atoms with Gasteiger partial charge in [0.05, 0.1) is 0 Å². The normalized spacial score (nSPS) is 10.9. The number of aromatic nitrogens is 2. The number of rotatable bonds is 4.